The summed E-state index contributed by atoms with van der Waals surface area (Å²) in [6.07, 6.45) is 0. The third-order valence-corrected chi connectivity index (χ3v) is 3.83. The molecule has 0 aromatic carbocycles. The Morgan fingerprint density at radius 2 is 1.89 bits per heavy atom. The van der Waals surface area contributed by atoms with Crippen LogP contribution in [0.3, 0.4) is 0 Å². The minimum absolute atomic E-state index is 0.252. The van der Waals surface area contributed by atoms with Crippen LogP contribution >= 0.6 is 0 Å². The number of rotatable bonds is 0. The van der Waals surface area contributed by atoms with Crippen LogP contribution in [0.25, 0.3) is 5.83 Å². The smallest absolute Gasteiger partial charge is 0.387 e. The largest absolute Gasteiger partial charge is 0.396 e. The number of allylic oxidation sites excluding steroid dienone is 1. The van der Waals surface area contributed by atoms with E-state index in [1.807, 2.05) is 19.9 Å². The molecular formula is C13H14BF2N2. The standard InChI is InChI=1S/C13H14BF2N2/c1-6-5-7(2)17-12(6)11(16)13-8(3)10(15)9(4)18(13)14-17/h5,9H,1-4H3. The molecule has 0 saturated heterocycles. The number of aryl methyl sites for hydroxylation is 2. The second kappa shape index (κ2) is 3.50. The van der Waals surface area contributed by atoms with Gasteiger partial charge in [0.2, 0.25) is 0 Å². The predicted octanol–water partition coefficient (Wildman–Crippen LogP) is 3.09. The van der Waals surface area contributed by atoms with Crippen LogP contribution < -0.4 is 0 Å². The number of halogens is 2. The van der Waals surface area contributed by atoms with Gasteiger partial charge in [-0.15, -0.1) is 0 Å². The van der Waals surface area contributed by atoms with Crippen molar-refractivity contribution in [3.8, 4) is 0 Å². The highest BCUT2D eigenvalue weighted by atomic mass is 19.1. The van der Waals surface area contributed by atoms with Gasteiger partial charge in [-0.2, -0.15) is 0 Å². The molecule has 2 nitrogen and oxygen atoms in total. The molecule has 0 amide bonds. The van der Waals surface area contributed by atoms with E-state index in [1.54, 1.807) is 30.7 Å². The monoisotopic (exact) mass is 247 g/mol. The quantitative estimate of drug-likeness (QED) is 0.639. The molecule has 3 heterocycles. The zero-order chi connectivity index (χ0) is 13.2. The summed E-state index contributed by atoms with van der Waals surface area (Å²) in [4.78, 5) is 1.67. The predicted molar refractivity (Wildman–Crippen MR) is 68.2 cm³/mol. The van der Waals surface area contributed by atoms with E-state index in [1.165, 1.54) is 0 Å². The zero-order valence-corrected chi connectivity index (χ0v) is 10.9. The van der Waals surface area contributed by atoms with Gasteiger partial charge in [0.15, 0.2) is 5.83 Å². The minimum atomic E-state index is -0.430. The molecular weight excluding hydrogens is 233 g/mol. The molecule has 0 N–H and O–H groups in total. The van der Waals surface area contributed by atoms with Gasteiger partial charge in [-0.25, -0.2) is 8.78 Å². The number of nitrogens with zero attached hydrogens (tertiary/aromatic N) is 2. The summed E-state index contributed by atoms with van der Waals surface area (Å²) in [7, 11) is 1.79. The Balaban J connectivity index is 2.28. The van der Waals surface area contributed by atoms with E-state index >= 15 is 0 Å². The number of hydrogen-bond acceptors (Lipinski definition) is 1. The Labute approximate surface area is 106 Å². The SMILES string of the molecule is CC1=C(F)C(C)N2[B]n3c(C)cc(C)c3C(F)=C12. The van der Waals surface area contributed by atoms with Crippen molar-refractivity contribution in [2.24, 2.45) is 0 Å². The van der Waals surface area contributed by atoms with E-state index in [2.05, 4.69) is 0 Å². The van der Waals surface area contributed by atoms with Crippen molar-refractivity contribution in [1.82, 2.24) is 9.29 Å². The Hall–Kier alpha value is -1.52. The van der Waals surface area contributed by atoms with Gasteiger partial charge in [-0.1, -0.05) is 0 Å². The van der Waals surface area contributed by atoms with Gasteiger partial charge in [0, 0.05) is 11.3 Å². The van der Waals surface area contributed by atoms with Crippen LogP contribution in [-0.4, -0.2) is 22.9 Å². The lowest BCUT2D eigenvalue weighted by Crippen LogP contribution is -2.39. The van der Waals surface area contributed by atoms with Crippen molar-refractivity contribution in [2.45, 2.75) is 33.7 Å². The van der Waals surface area contributed by atoms with Crippen LogP contribution in [0.15, 0.2) is 23.2 Å². The number of fused-ring (bicyclic) bond motifs is 2. The first-order valence-corrected chi connectivity index (χ1v) is 6.02. The summed E-state index contributed by atoms with van der Waals surface area (Å²) in [6, 6.07) is 1.51. The van der Waals surface area contributed by atoms with E-state index < -0.39 is 6.04 Å². The van der Waals surface area contributed by atoms with Gasteiger partial charge in [0.1, 0.15) is 5.83 Å². The highest BCUT2D eigenvalue weighted by molar-refractivity contribution is 6.33. The van der Waals surface area contributed by atoms with E-state index in [0.29, 0.717) is 17.0 Å². The Kier molecular flexibility index (Phi) is 2.25. The van der Waals surface area contributed by atoms with Gasteiger partial charge in [-0.05, 0) is 39.3 Å². The molecule has 1 aromatic rings. The van der Waals surface area contributed by atoms with E-state index in [-0.39, 0.29) is 11.7 Å². The van der Waals surface area contributed by atoms with E-state index in [0.717, 1.165) is 11.3 Å². The molecule has 1 unspecified atom stereocenters. The highest BCUT2D eigenvalue weighted by Gasteiger charge is 2.39. The maximum Gasteiger partial charge on any atom is 0.396 e. The average Bonchev–Trinajstić information content (AvgIpc) is 2.72. The fourth-order valence-corrected chi connectivity index (χ4v) is 2.85. The molecule has 0 bridgehead atoms. The maximum absolute atomic E-state index is 14.6. The summed E-state index contributed by atoms with van der Waals surface area (Å²) in [5.41, 5.74) is 3.14. The zero-order valence-electron chi connectivity index (χ0n) is 10.9. The molecule has 0 fully saturated rings. The topological polar surface area (TPSA) is 8.17 Å². The van der Waals surface area contributed by atoms with E-state index in [9.17, 15) is 8.78 Å². The summed E-state index contributed by atoms with van der Waals surface area (Å²) >= 11 is 0. The first-order chi connectivity index (χ1) is 8.43. The van der Waals surface area contributed by atoms with Crippen molar-refractivity contribution >= 4 is 13.4 Å². The first-order valence-electron chi connectivity index (χ1n) is 6.02. The van der Waals surface area contributed by atoms with Crippen LogP contribution in [0.4, 0.5) is 8.78 Å². The minimum Gasteiger partial charge on any atom is -0.387 e. The Morgan fingerprint density at radius 1 is 1.22 bits per heavy atom. The molecule has 1 atom stereocenters. The van der Waals surface area contributed by atoms with Crippen molar-refractivity contribution < 1.29 is 8.78 Å². The van der Waals surface area contributed by atoms with Crippen LogP contribution in [0, 0.1) is 13.8 Å². The van der Waals surface area contributed by atoms with Gasteiger partial charge < -0.3 is 9.29 Å². The van der Waals surface area contributed by atoms with Crippen molar-refractivity contribution in [3.63, 3.8) is 0 Å². The maximum atomic E-state index is 14.6. The average molecular weight is 247 g/mol. The lowest BCUT2D eigenvalue weighted by Gasteiger charge is -2.31. The molecule has 5 heteroatoms. The number of aromatic nitrogens is 1. The van der Waals surface area contributed by atoms with Gasteiger partial charge >= 0.3 is 7.55 Å². The fraction of sp³-hybridized carbons (Fsp3) is 0.385. The molecule has 1 aromatic heterocycles. The molecule has 0 saturated carbocycles. The summed E-state index contributed by atoms with van der Waals surface area (Å²) in [6.45, 7) is 7.17. The van der Waals surface area contributed by atoms with E-state index in [4.69, 9.17) is 0 Å². The van der Waals surface area contributed by atoms with Crippen molar-refractivity contribution in [3.05, 3.63) is 40.1 Å². The summed E-state index contributed by atoms with van der Waals surface area (Å²) < 4.78 is 30.3. The van der Waals surface area contributed by atoms with Crippen LogP contribution in [0.1, 0.15) is 30.8 Å². The molecule has 2 aliphatic heterocycles. The molecule has 0 spiro atoms. The molecule has 2 aliphatic rings. The molecule has 18 heavy (non-hydrogen) atoms. The van der Waals surface area contributed by atoms with Crippen LogP contribution in [0.5, 0.6) is 0 Å². The van der Waals surface area contributed by atoms with Crippen LogP contribution in [-0.2, 0) is 0 Å². The lowest BCUT2D eigenvalue weighted by atomic mass is 9.97. The molecule has 93 valence electrons. The van der Waals surface area contributed by atoms with Gasteiger partial charge in [-0.3, -0.25) is 0 Å². The third-order valence-electron chi connectivity index (χ3n) is 3.83. The normalized spacial score (nSPS) is 22.3. The number of hydrogen-bond donors (Lipinski definition) is 0. The van der Waals surface area contributed by atoms with Crippen LogP contribution in [0.2, 0.25) is 0 Å². The second-order valence-corrected chi connectivity index (χ2v) is 5.02. The van der Waals surface area contributed by atoms with Gasteiger partial charge in [0.05, 0.1) is 17.4 Å². The molecule has 1 radical (unpaired) electrons. The Morgan fingerprint density at radius 3 is 2.56 bits per heavy atom. The molecule has 3 rings (SSSR count). The molecule has 0 aliphatic carbocycles. The summed E-state index contributed by atoms with van der Waals surface area (Å²) in [5, 5.41) is 0. The van der Waals surface area contributed by atoms with Gasteiger partial charge in [0.25, 0.3) is 0 Å². The third kappa shape index (κ3) is 1.22. The first kappa shape index (κ1) is 11.6. The highest BCUT2D eigenvalue weighted by Crippen LogP contribution is 2.42. The Bertz CT molecular complexity index is 613. The second-order valence-electron chi connectivity index (χ2n) is 5.02. The fourth-order valence-electron chi connectivity index (χ4n) is 2.85. The van der Waals surface area contributed by atoms with Crippen molar-refractivity contribution in [1.29, 1.82) is 0 Å². The van der Waals surface area contributed by atoms with Crippen molar-refractivity contribution in [2.75, 3.05) is 0 Å². The lowest BCUT2D eigenvalue weighted by molar-refractivity contribution is 0.426. The summed E-state index contributed by atoms with van der Waals surface area (Å²) in [5.74, 6) is -0.586.